The van der Waals surface area contributed by atoms with Crippen molar-refractivity contribution in [3.05, 3.63) is 46.7 Å². The first kappa shape index (κ1) is 13.2. The van der Waals surface area contributed by atoms with E-state index in [0.29, 0.717) is 5.69 Å². The third-order valence-electron chi connectivity index (χ3n) is 2.45. The maximum Gasteiger partial charge on any atom is 0.119 e. The summed E-state index contributed by atoms with van der Waals surface area (Å²) in [5.74, 6) is 1.68. The lowest BCUT2D eigenvalue weighted by atomic mass is 10.2. The molecule has 0 unspecified atom stereocenters. The molecule has 0 saturated heterocycles. The van der Waals surface area contributed by atoms with Crippen LogP contribution in [0.2, 0.25) is 0 Å². The third-order valence-corrected chi connectivity index (χ3v) is 4.36. The first-order valence-electron chi connectivity index (χ1n) is 5.35. The topological polar surface area (TPSA) is 48.1 Å². The maximum absolute atomic E-state index is 5.86. The van der Waals surface area contributed by atoms with Gasteiger partial charge in [-0.3, -0.25) is 4.98 Å². The zero-order valence-corrected chi connectivity index (χ0v) is 12.3. The van der Waals surface area contributed by atoms with Crippen molar-refractivity contribution >= 4 is 33.4 Å². The maximum atomic E-state index is 5.86. The van der Waals surface area contributed by atoms with Crippen LogP contribution in [-0.4, -0.2) is 12.1 Å². The summed E-state index contributed by atoms with van der Waals surface area (Å²) in [5, 5.41) is 0. The van der Waals surface area contributed by atoms with E-state index in [1.165, 1.54) is 5.56 Å². The van der Waals surface area contributed by atoms with Crippen LogP contribution in [0.15, 0.2) is 46.0 Å². The van der Waals surface area contributed by atoms with Crippen LogP contribution in [0.25, 0.3) is 0 Å². The SMILES string of the molecule is COc1ccc(Br)c(CSc2ccncc2N)c1. The van der Waals surface area contributed by atoms with Crippen molar-refractivity contribution in [1.82, 2.24) is 4.98 Å². The second-order valence-corrected chi connectivity index (χ2v) is 5.53. The van der Waals surface area contributed by atoms with E-state index in [0.717, 1.165) is 20.9 Å². The monoisotopic (exact) mass is 324 g/mol. The summed E-state index contributed by atoms with van der Waals surface area (Å²) in [6, 6.07) is 7.87. The summed E-state index contributed by atoms with van der Waals surface area (Å²) in [6.45, 7) is 0. The number of hydrogen-bond acceptors (Lipinski definition) is 4. The number of halogens is 1. The van der Waals surface area contributed by atoms with Gasteiger partial charge in [0.15, 0.2) is 0 Å². The summed E-state index contributed by atoms with van der Waals surface area (Å²) in [7, 11) is 1.67. The number of thioether (sulfide) groups is 1. The minimum Gasteiger partial charge on any atom is -0.497 e. The fourth-order valence-electron chi connectivity index (χ4n) is 1.47. The standard InChI is InChI=1S/C13H13BrN2OS/c1-17-10-2-3-11(14)9(6-10)8-18-13-4-5-16-7-12(13)15/h2-7H,8,15H2,1H3. The van der Waals surface area contributed by atoms with Gasteiger partial charge in [0.25, 0.3) is 0 Å². The number of benzene rings is 1. The number of rotatable bonds is 4. The normalized spacial score (nSPS) is 10.3. The van der Waals surface area contributed by atoms with Gasteiger partial charge in [0, 0.05) is 21.3 Å². The molecule has 1 heterocycles. The van der Waals surface area contributed by atoms with Gasteiger partial charge in [-0.05, 0) is 29.8 Å². The molecular weight excluding hydrogens is 312 g/mol. The molecule has 0 fully saturated rings. The Hall–Kier alpha value is -1.20. The summed E-state index contributed by atoms with van der Waals surface area (Å²) in [4.78, 5) is 5.02. The molecule has 0 radical (unpaired) electrons. The van der Waals surface area contributed by atoms with Crippen LogP contribution < -0.4 is 10.5 Å². The number of pyridine rings is 1. The van der Waals surface area contributed by atoms with Gasteiger partial charge in [-0.2, -0.15) is 0 Å². The summed E-state index contributed by atoms with van der Waals surface area (Å²) < 4.78 is 6.29. The highest BCUT2D eigenvalue weighted by molar-refractivity contribution is 9.10. The van der Waals surface area contributed by atoms with E-state index < -0.39 is 0 Å². The van der Waals surface area contributed by atoms with Gasteiger partial charge in [-0.15, -0.1) is 11.8 Å². The molecule has 1 aromatic heterocycles. The lowest BCUT2D eigenvalue weighted by Gasteiger charge is -2.08. The molecule has 1 aromatic carbocycles. The van der Waals surface area contributed by atoms with Crippen LogP contribution in [0.1, 0.15) is 5.56 Å². The molecular formula is C13H13BrN2OS. The van der Waals surface area contributed by atoms with E-state index in [2.05, 4.69) is 20.9 Å². The average Bonchev–Trinajstić information content (AvgIpc) is 2.39. The van der Waals surface area contributed by atoms with Crippen LogP contribution in [-0.2, 0) is 5.75 Å². The molecule has 0 atom stereocenters. The van der Waals surface area contributed by atoms with Gasteiger partial charge >= 0.3 is 0 Å². The van der Waals surface area contributed by atoms with E-state index >= 15 is 0 Å². The Labute approximate surface area is 119 Å². The molecule has 2 rings (SSSR count). The van der Waals surface area contributed by atoms with Crippen molar-refractivity contribution in [2.75, 3.05) is 12.8 Å². The Morgan fingerprint density at radius 2 is 2.22 bits per heavy atom. The van der Waals surface area contributed by atoms with Crippen molar-refractivity contribution in [2.24, 2.45) is 0 Å². The second-order valence-electron chi connectivity index (χ2n) is 3.66. The van der Waals surface area contributed by atoms with E-state index in [-0.39, 0.29) is 0 Å². The molecule has 18 heavy (non-hydrogen) atoms. The molecule has 2 N–H and O–H groups in total. The fraction of sp³-hybridized carbons (Fsp3) is 0.154. The predicted molar refractivity (Wildman–Crippen MR) is 78.9 cm³/mol. The Morgan fingerprint density at radius 1 is 1.39 bits per heavy atom. The van der Waals surface area contributed by atoms with Crippen LogP contribution in [0.3, 0.4) is 0 Å². The zero-order valence-electron chi connectivity index (χ0n) is 9.89. The van der Waals surface area contributed by atoms with Gasteiger partial charge in [-0.1, -0.05) is 15.9 Å². The number of ether oxygens (including phenoxy) is 1. The number of nitrogens with two attached hydrogens (primary N) is 1. The van der Waals surface area contributed by atoms with Crippen molar-refractivity contribution in [2.45, 2.75) is 10.6 Å². The molecule has 0 aliphatic heterocycles. The quantitative estimate of drug-likeness (QED) is 0.870. The number of anilines is 1. The lowest BCUT2D eigenvalue weighted by molar-refractivity contribution is 0.414. The van der Waals surface area contributed by atoms with Crippen LogP contribution in [0.4, 0.5) is 5.69 Å². The number of methoxy groups -OCH3 is 1. The van der Waals surface area contributed by atoms with E-state index in [4.69, 9.17) is 10.5 Å². The van der Waals surface area contributed by atoms with Crippen LogP contribution >= 0.6 is 27.7 Å². The third kappa shape index (κ3) is 3.17. The number of nitrogens with zero attached hydrogens (tertiary/aromatic N) is 1. The van der Waals surface area contributed by atoms with Crippen LogP contribution in [0.5, 0.6) is 5.75 Å². The van der Waals surface area contributed by atoms with Crippen molar-refractivity contribution in [3.8, 4) is 5.75 Å². The molecule has 2 aromatic rings. The summed E-state index contributed by atoms with van der Waals surface area (Å²) in [6.07, 6.45) is 3.42. The van der Waals surface area contributed by atoms with Crippen molar-refractivity contribution < 1.29 is 4.74 Å². The Balaban J connectivity index is 2.13. The van der Waals surface area contributed by atoms with Gasteiger partial charge < -0.3 is 10.5 Å². The molecule has 0 aliphatic carbocycles. The minimum absolute atomic E-state index is 0.710. The van der Waals surface area contributed by atoms with Gasteiger partial charge in [0.2, 0.25) is 0 Å². The Bertz CT molecular complexity index is 548. The summed E-state index contributed by atoms with van der Waals surface area (Å²) >= 11 is 5.22. The van der Waals surface area contributed by atoms with Crippen LogP contribution in [0, 0.1) is 0 Å². The zero-order chi connectivity index (χ0) is 13.0. The first-order chi connectivity index (χ1) is 8.70. The molecule has 0 amide bonds. The molecule has 0 spiro atoms. The largest absolute Gasteiger partial charge is 0.497 e. The second kappa shape index (κ2) is 6.11. The molecule has 0 bridgehead atoms. The lowest BCUT2D eigenvalue weighted by Crippen LogP contribution is -1.91. The first-order valence-corrected chi connectivity index (χ1v) is 7.13. The summed E-state index contributed by atoms with van der Waals surface area (Å²) in [5.41, 5.74) is 7.75. The van der Waals surface area contributed by atoms with Gasteiger partial charge in [0.1, 0.15) is 5.75 Å². The molecule has 94 valence electrons. The Morgan fingerprint density at radius 3 is 2.94 bits per heavy atom. The molecule has 3 nitrogen and oxygen atoms in total. The highest BCUT2D eigenvalue weighted by atomic mass is 79.9. The van der Waals surface area contributed by atoms with E-state index in [1.807, 2.05) is 24.3 Å². The average molecular weight is 325 g/mol. The van der Waals surface area contributed by atoms with Crippen molar-refractivity contribution in [3.63, 3.8) is 0 Å². The predicted octanol–water partition coefficient (Wildman–Crippen LogP) is 3.73. The number of nitrogen functional groups attached to an aromatic ring is 1. The minimum atomic E-state index is 0.710. The van der Waals surface area contributed by atoms with E-state index in [9.17, 15) is 0 Å². The molecule has 0 saturated carbocycles. The highest BCUT2D eigenvalue weighted by Crippen LogP contribution is 2.31. The number of hydrogen-bond donors (Lipinski definition) is 1. The van der Waals surface area contributed by atoms with E-state index in [1.54, 1.807) is 31.3 Å². The highest BCUT2D eigenvalue weighted by Gasteiger charge is 2.05. The fourth-order valence-corrected chi connectivity index (χ4v) is 2.97. The molecule has 5 heteroatoms. The molecule has 0 aliphatic rings. The van der Waals surface area contributed by atoms with Gasteiger partial charge in [-0.25, -0.2) is 0 Å². The van der Waals surface area contributed by atoms with Gasteiger partial charge in [0.05, 0.1) is 19.0 Å². The smallest absolute Gasteiger partial charge is 0.119 e. The Kier molecular flexibility index (Phi) is 4.49. The number of aromatic nitrogens is 1. The van der Waals surface area contributed by atoms with Crippen molar-refractivity contribution in [1.29, 1.82) is 0 Å².